The van der Waals surface area contributed by atoms with Gasteiger partial charge in [0.05, 0.1) is 5.52 Å². The fourth-order valence-electron chi connectivity index (χ4n) is 3.25. The monoisotopic (exact) mass is 421 g/mol. The van der Waals surface area contributed by atoms with Gasteiger partial charge in [-0.2, -0.15) is 4.98 Å². The van der Waals surface area contributed by atoms with Crippen LogP contribution in [0, 0.1) is 23.1 Å². The molecule has 2 aromatic heterocycles. The standard InChI is InChI=1S/C23H21ClFN5/c1-5-29(18-11-15(10-17(25)13-18)8-9-23(2,3)4)21-19-7-6-16(24)12-20(19)30-14-26-28-22(30)27-21/h6-7,10-14H,5H2,1-4H3. The summed E-state index contributed by atoms with van der Waals surface area (Å²) < 4.78 is 16.3. The van der Waals surface area contributed by atoms with Gasteiger partial charge in [-0.3, -0.25) is 4.40 Å². The van der Waals surface area contributed by atoms with Crippen LogP contribution in [0.4, 0.5) is 15.9 Å². The Morgan fingerprint density at radius 3 is 2.70 bits per heavy atom. The number of hydrogen-bond acceptors (Lipinski definition) is 4. The maximum atomic E-state index is 14.5. The van der Waals surface area contributed by atoms with E-state index in [4.69, 9.17) is 16.6 Å². The molecule has 0 saturated heterocycles. The fraction of sp³-hybridized carbons (Fsp3) is 0.261. The Balaban J connectivity index is 1.91. The van der Waals surface area contributed by atoms with Gasteiger partial charge in [-0.05, 0) is 64.1 Å². The number of hydrogen-bond donors (Lipinski definition) is 0. The first-order chi connectivity index (χ1) is 14.2. The highest BCUT2D eigenvalue weighted by molar-refractivity contribution is 6.31. The Bertz CT molecular complexity index is 1310. The van der Waals surface area contributed by atoms with Crippen LogP contribution in [0.3, 0.4) is 0 Å². The lowest BCUT2D eigenvalue weighted by atomic mass is 9.97. The van der Waals surface area contributed by atoms with E-state index in [1.807, 2.05) is 56.9 Å². The highest BCUT2D eigenvalue weighted by atomic mass is 35.5. The van der Waals surface area contributed by atoms with E-state index < -0.39 is 0 Å². The van der Waals surface area contributed by atoms with Gasteiger partial charge < -0.3 is 4.90 Å². The van der Waals surface area contributed by atoms with E-state index in [2.05, 4.69) is 22.0 Å². The molecule has 0 N–H and O–H groups in total. The highest BCUT2D eigenvalue weighted by Crippen LogP contribution is 2.33. The zero-order valence-corrected chi connectivity index (χ0v) is 18.0. The van der Waals surface area contributed by atoms with Crippen LogP contribution < -0.4 is 4.90 Å². The van der Waals surface area contributed by atoms with Gasteiger partial charge in [0, 0.05) is 33.6 Å². The van der Waals surface area contributed by atoms with Crippen LogP contribution in [-0.4, -0.2) is 26.1 Å². The van der Waals surface area contributed by atoms with E-state index in [9.17, 15) is 4.39 Å². The van der Waals surface area contributed by atoms with E-state index in [0.717, 1.165) is 10.9 Å². The Morgan fingerprint density at radius 1 is 1.17 bits per heavy atom. The van der Waals surface area contributed by atoms with Crippen molar-refractivity contribution in [2.75, 3.05) is 11.4 Å². The summed E-state index contributed by atoms with van der Waals surface area (Å²) in [5.74, 6) is 7.00. The molecule has 4 aromatic rings. The lowest BCUT2D eigenvalue weighted by Crippen LogP contribution is -2.19. The first kappa shape index (κ1) is 20.1. The largest absolute Gasteiger partial charge is 0.326 e. The summed E-state index contributed by atoms with van der Waals surface area (Å²) in [4.78, 5) is 6.64. The van der Waals surface area contributed by atoms with Gasteiger partial charge in [0.2, 0.25) is 0 Å². The van der Waals surface area contributed by atoms with Gasteiger partial charge >= 0.3 is 0 Å². The number of anilines is 2. The molecule has 0 aliphatic rings. The van der Waals surface area contributed by atoms with Gasteiger partial charge in [-0.25, -0.2) is 4.39 Å². The molecule has 2 aromatic carbocycles. The number of fused-ring (bicyclic) bond motifs is 3. The molecule has 0 spiro atoms. The van der Waals surface area contributed by atoms with E-state index in [0.29, 0.717) is 34.4 Å². The van der Waals surface area contributed by atoms with Crippen LogP contribution in [0.5, 0.6) is 0 Å². The van der Waals surface area contributed by atoms with Crippen LogP contribution in [0.25, 0.3) is 16.7 Å². The highest BCUT2D eigenvalue weighted by Gasteiger charge is 2.18. The molecular formula is C23H21ClFN5. The number of rotatable bonds is 3. The first-order valence-electron chi connectivity index (χ1n) is 9.65. The summed E-state index contributed by atoms with van der Waals surface area (Å²) in [5.41, 5.74) is 1.94. The van der Waals surface area contributed by atoms with Crippen LogP contribution in [0.15, 0.2) is 42.7 Å². The normalized spacial score (nSPS) is 11.5. The van der Waals surface area contributed by atoms with Gasteiger partial charge in [-0.15, -0.1) is 10.2 Å². The van der Waals surface area contributed by atoms with Crippen molar-refractivity contribution in [1.82, 2.24) is 19.6 Å². The smallest absolute Gasteiger partial charge is 0.257 e. The van der Waals surface area contributed by atoms with Gasteiger partial charge in [0.1, 0.15) is 18.0 Å². The predicted molar refractivity (Wildman–Crippen MR) is 119 cm³/mol. The molecule has 4 rings (SSSR count). The molecule has 5 nitrogen and oxygen atoms in total. The molecule has 0 atom stereocenters. The zero-order chi connectivity index (χ0) is 21.5. The molecule has 0 amide bonds. The molecule has 7 heteroatoms. The van der Waals surface area contributed by atoms with Crippen LogP contribution in [-0.2, 0) is 0 Å². The van der Waals surface area contributed by atoms with Gasteiger partial charge in [-0.1, -0.05) is 23.4 Å². The molecule has 0 fully saturated rings. The maximum Gasteiger partial charge on any atom is 0.257 e. The lowest BCUT2D eigenvalue weighted by molar-refractivity contribution is 0.571. The summed E-state index contributed by atoms with van der Waals surface area (Å²) in [6.45, 7) is 8.63. The van der Waals surface area contributed by atoms with Crippen molar-refractivity contribution in [1.29, 1.82) is 0 Å². The first-order valence-corrected chi connectivity index (χ1v) is 10.0. The molecule has 30 heavy (non-hydrogen) atoms. The van der Waals surface area contributed by atoms with Crippen molar-refractivity contribution in [3.8, 4) is 11.8 Å². The summed E-state index contributed by atoms with van der Waals surface area (Å²) in [6, 6.07) is 10.4. The van der Waals surface area contributed by atoms with E-state index >= 15 is 0 Å². The quantitative estimate of drug-likeness (QED) is 0.402. The van der Waals surface area contributed by atoms with Gasteiger partial charge in [0.25, 0.3) is 5.78 Å². The minimum atomic E-state index is -0.347. The molecule has 152 valence electrons. The van der Waals surface area contributed by atoms with E-state index in [-0.39, 0.29) is 11.2 Å². The van der Waals surface area contributed by atoms with Crippen molar-refractivity contribution < 1.29 is 4.39 Å². The maximum absolute atomic E-state index is 14.5. The number of nitrogens with zero attached hydrogens (tertiary/aromatic N) is 5. The Labute approximate surface area is 179 Å². The molecular weight excluding hydrogens is 401 g/mol. The SMILES string of the molecule is CCN(c1cc(F)cc(C#CC(C)(C)C)c1)c1nc2nncn2c2cc(Cl)ccc12. The average Bonchev–Trinajstić information content (AvgIpc) is 3.15. The van der Waals surface area contributed by atoms with Crippen molar-refractivity contribution in [2.24, 2.45) is 5.41 Å². The summed E-state index contributed by atoms with van der Waals surface area (Å²) in [6.07, 6.45) is 1.60. The number of halogens is 2. The summed E-state index contributed by atoms with van der Waals surface area (Å²) in [7, 11) is 0. The second kappa shape index (κ2) is 7.58. The van der Waals surface area contributed by atoms with Crippen molar-refractivity contribution >= 4 is 39.8 Å². The second-order valence-corrected chi connectivity index (χ2v) is 8.48. The Kier molecular flexibility index (Phi) is 5.08. The number of benzene rings is 2. The molecule has 0 aliphatic heterocycles. The van der Waals surface area contributed by atoms with Crippen LogP contribution in [0.2, 0.25) is 5.02 Å². The summed E-state index contributed by atoms with van der Waals surface area (Å²) in [5, 5.41) is 9.52. The number of aromatic nitrogens is 4. The summed E-state index contributed by atoms with van der Waals surface area (Å²) >= 11 is 6.23. The molecule has 0 radical (unpaired) electrons. The second-order valence-electron chi connectivity index (χ2n) is 8.04. The van der Waals surface area contributed by atoms with E-state index in [1.54, 1.807) is 10.7 Å². The average molecular weight is 422 g/mol. The minimum Gasteiger partial charge on any atom is -0.326 e. The van der Waals surface area contributed by atoms with Crippen molar-refractivity contribution in [3.63, 3.8) is 0 Å². The fourth-order valence-corrected chi connectivity index (χ4v) is 3.41. The molecule has 0 aliphatic carbocycles. The minimum absolute atomic E-state index is 0.174. The third kappa shape index (κ3) is 3.94. The van der Waals surface area contributed by atoms with Crippen LogP contribution >= 0.6 is 11.6 Å². The lowest BCUT2D eigenvalue weighted by Gasteiger charge is -2.24. The van der Waals surface area contributed by atoms with E-state index in [1.165, 1.54) is 12.1 Å². The van der Waals surface area contributed by atoms with Gasteiger partial charge in [0.15, 0.2) is 0 Å². The predicted octanol–water partition coefficient (Wildman–Crippen LogP) is 5.63. The Morgan fingerprint density at radius 2 is 1.97 bits per heavy atom. The molecule has 0 saturated carbocycles. The van der Waals surface area contributed by atoms with Crippen molar-refractivity contribution in [2.45, 2.75) is 27.7 Å². The zero-order valence-electron chi connectivity index (χ0n) is 17.2. The Hall–Kier alpha value is -3.17. The topological polar surface area (TPSA) is 46.3 Å². The van der Waals surface area contributed by atoms with Crippen molar-refractivity contribution in [3.05, 3.63) is 59.1 Å². The molecule has 2 heterocycles. The van der Waals surface area contributed by atoms with Crippen LogP contribution in [0.1, 0.15) is 33.3 Å². The third-order valence-electron chi connectivity index (χ3n) is 4.54. The molecule has 0 bridgehead atoms. The third-order valence-corrected chi connectivity index (χ3v) is 4.78. The molecule has 0 unspecified atom stereocenters.